The number of nitrogens with zero attached hydrogens (tertiary/aromatic N) is 2. The van der Waals surface area contributed by atoms with Crippen molar-refractivity contribution in [2.45, 2.75) is 12.6 Å². The molecule has 0 aliphatic carbocycles. The Labute approximate surface area is 150 Å². The molecular formula is C19H18N4O3. The van der Waals surface area contributed by atoms with E-state index in [0.717, 1.165) is 16.8 Å². The largest absolute Gasteiger partial charge is 0.383 e. The van der Waals surface area contributed by atoms with Crippen LogP contribution in [0.4, 0.5) is 5.82 Å². The number of nitrogens with two attached hydrogens (primary N) is 1. The number of aromatic nitrogens is 1. The van der Waals surface area contributed by atoms with Gasteiger partial charge in [-0.1, -0.05) is 12.1 Å². The number of carbonyl (C=O) groups is 2. The van der Waals surface area contributed by atoms with Crippen LogP contribution in [-0.4, -0.2) is 35.4 Å². The number of methoxy groups -OCH3 is 1. The van der Waals surface area contributed by atoms with Crippen LogP contribution in [0.15, 0.2) is 36.5 Å². The van der Waals surface area contributed by atoms with Gasteiger partial charge in [0.05, 0.1) is 16.7 Å². The average molecular weight is 350 g/mol. The zero-order chi connectivity index (χ0) is 18.3. The average Bonchev–Trinajstić information content (AvgIpc) is 2.90. The Morgan fingerprint density at radius 1 is 1.23 bits per heavy atom. The predicted octanol–water partition coefficient (Wildman–Crippen LogP) is 1.72. The quantitative estimate of drug-likeness (QED) is 0.815. The summed E-state index contributed by atoms with van der Waals surface area (Å²) >= 11 is 0. The van der Waals surface area contributed by atoms with E-state index in [9.17, 15) is 9.59 Å². The highest BCUT2D eigenvalue weighted by molar-refractivity contribution is 6.21. The molecule has 2 amide bonds. The molecular weight excluding hydrogens is 332 g/mol. The van der Waals surface area contributed by atoms with Gasteiger partial charge in [0.1, 0.15) is 5.82 Å². The minimum atomic E-state index is -0.340. The molecule has 3 N–H and O–H groups in total. The van der Waals surface area contributed by atoms with Crippen LogP contribution in [0.3, 0.4) is 0 Å². The number of anilines is 1. The molecule has 26 heavy (non-hydrogen) atoms. The number of pyridine rings is 1. The van der Waals surface area contributed by atoms with E-state index in [-0.39, 0.29) is 24.6 Å². The molecule has 7 heteroatoms. The van der Waals surface area contributed by atoms with Crippen molar-refractivity contribution < 1.29 is 14.3 Å². The maximum Gasteiger partial charge on any atom is 0.261 e. The van der Waals surface area contributed by atoms with Gasteiger partial charge in [-0.25, -0.2) is 4.98 Å². The van der Waals surface area contributed by atoms with Crippen LogP contribution in [0, 0.1) is 0 Å². The summed E-state index contributed by atoms with van der Waals surface area (Å²) < 4.78 is 5.36. The molecule has 1 aromatic heterocycles. The molecule has 1 unspecified atom stereocenters. The Morgan fingerprint density at radius 3 is 2.58 bits per heavy atom. The van der Waals surface area contributed by atoms with Crippen molar-refractivity contribution in [3.05, 3.63) is 64.5 Å². The highest BCUT2D eigenvalue weighted by atomic mass is 16.5. The minimum absolute atomic E-state index is 0.257. The maximum atomic E-state index is 12.4. The first kappa shape index (κ1) is 16.3. The van der Waals surface area contributed by atoms with Crippen molar-refractivity contribution >= 4 is 23.7 Å². The van der Waals surface area contributed by atoms with Gasteiger partial charge in [-0.2, -0.15) is 0 Å². The first-order valence-corrected chi connectivity index (χ1v) is 8.30. The zero-order valence-electron chi connectivity index (χ0n) is 14.2. The van der Waals surface area contributed by atoms with Gasteiger partial charge in [0.25, 0.3) is 11.8 Å². The maximum absolute atomic E-state index is 12.4. The third-order valence-electron chi connectivity index (χ3n) is 4.65. The number of fused-ring (bicyclic) bond motifs is 2. The molecule has 1 aromatic carbocycles. The second kappa shape index (κ2) is 6.27. The summed E-state index contributed by atoms with van der Waals surface area (Å²) in [5, 5.41) is 3.06. The molecule has 0 bridgehead atoms. The van der Waals surface area contributed by atoms with Crippen LogP contribution < -0.4 is 11.1 Å². The van der Waals surface area contributed by atoms with E-state index in [0.29, 0.717) is 23.4 Å². The van der Waals surface area contributed by atoms with Gasteiger partial charge in [0.2, 0.25) is 0 Å². The fraction of sp³-hybridized carbons (Fsp3) is 0.211. The van der Waals surface area contributed by atoms with Gasteiger partial charge < -0.3 is 15.8 Å². The highest BCUT2D eigenvalue weighted by Gasteiger charge is 2.34. The topological polar surface area (TPSA) is 97.5 Å². The van der Waals surface area contributed by atoms with Crippen molar-refractivity contribution in [2.24, 2.45) is 0 Å². The lowest BCUT2D eigenvalue weighted by atomic mass is 10.0. The molecule has 0 spiro atoms. The summed E-state index contributed by atoms with van der Waals surface area (Å²) in [4.78, 5) is 30.5. The minimum Gasteiger partial charge on any atom is -0.383 e. The fourth-order valence-corrected chi connectivity index (χ4v) is 3.37. The van der Waals surface area contributed by atoms with E-state index < -0.39 is 0 Å². The van der Waals surface area contributed by atoms with Crippen molar-refractivity contribution in [1.29, 1.82) is 0 Å². The molecule has 0 saturated carbocycles. The van der Waals surface area contributed by atoms with E-state index in [2.05, 4.69) is 10.3 Å². The van der Waals surface area contributed by atoms with Crippen LogP contribution in [0.25, 0.3) is 6.08 Å². The van der Waals surface area contributed by atoms with Crippen LogP contribution in [0.1, 0.15) is 43.8 Å². The molecule has 132 valence electrons. The van der Waals surface area contributed by atoms with Gasteiger partial charge in [-0.05, 0) is 36.0 Å². The van der Waals surface area contributed by atoms with Crippen LogP contribution in [-0.2, 0) is 11.2 Å². The number of nitrogen functional groups attached to an aromatic ring is 1. The van der Waals surface area contributed by atoms with Crippen molar-refractivity contribution in [1.82, 2.24) is 15.2 Å². The van der Waals surface area contributed by atoms with Crippen molar-refractivity contribution in [2.75, 3.05) is 19.4 Å². The first-order chi connectivity index (χ1) is 12.6. The second-order valence-corrected chi connectivity index (χ2v) is 6.18. The van der Waals surface area contributed by atoms with Gasteiger partial charge in [0, 0.05) is 25.8 Å². The number of amides is 2. The Bertz CT molecular complexity index is 903. The van der Waals surface area contributed by atoms with E-state index >= 15 is 0 Å². The molecule has 4 rings (SSSR count). The van der Waals surface area contributed by atoms with Crippen LogP contribution >= 0.6 is 0 Å². The van der Waals surface area contributed by atoms with Gasteiger partial charge in [0.15, 0.2) is 6.23 Å². The van der Waals surface area contributed by atoms with E-state index in [1.165, 1.54) is 4.90 Å². The summed E-state index contributed by atoms with van der Waals surface area (Å²) in [6, 6.07) is 8.77. The lowest BCUT2D eigenvalue weighted by molar-refractivity contribution is 0.0656. The number of imide groups is 1. The summed E-state index contributed by atoms with van der Waals surface area (Å²) in [6.07, 6.45) is 3.79. The Hall–Kier alpha value is -3.19. The molecule has 2 aromatic rings. The monoisotopic (exact) mass is 350 g/mol. The molecule has 3 heterocycles. The lowest BCUT2D eigenvalue weighted by Gasteiger charge is -2.24. The van der Waals surface area contributed by atoms with Crippen LogP contribution in [0.2, 0.25) is 0 Å². The smallest absolute Gasteiger partial charge is 0.261 e. The number of ether oxygens (including phenoxy) is 1. The zero-order valence-corrected chi connectivity index (χ0v) is 14.2. The normalized spacial score (nSPS) is 17.9. The first-order valence-electron chi connectivity index (χ1n) is 8.30. The fourth-order valence-electron chi connectivity index (χ4n) is 3.37. The van der Waals surface area contributed by atoms with E-state index in [1.54, 1.807) is 37.6 Å². The molecule has 2 aliphatic rings. The number of hydrogen-bond donors (Lipinski definition) is 2. The number of carbonyl (C=O) groups excluding carboxylic acids is 2. The van der Waals surface area contributed by atoms with Crippen molar-refractivity contribution in [3.63, 3.8) is 0 Å². The highest BCUT2D eigenvalue weighted by Crippen LogP contribution is 2.29. The number of nitrogens with one attached hydrogen (secondary N) is 1. The SMILES string of the molecule is COC1NC=Cc2cc(CCN3C(=O)c4ccccc4C3=O)nc(N)c21. The predicted molar refractivity (Wildman–Crippen MR) is 96.1 cm³/mol. The molecule has 2 aliphatic heterocycles. The molecule has 0 radical (unpaired) electrons. The Balaban J connectivity index is 1.55. The van der Waals surface area contributed by atoms with Crippen molar-refractivity contribution in [3.8, 4) is 0 Å². The molecule has 0 saturated heterocycles. The van der Waals surface area contributed by atoms with E-state index in [1.807, 2.05) is 12.1 Å². The summed E-state index contributed by atoms with van der Waals surface area (Å²) in [5.41, 5.74) is 9.44. The summed E-state index contributed by atoms with van der Waals surface area (Å²) in [7, 11) is 1.59. The Morgan fingerprint density at radius 2 is 1.92 bits per heavy atom. The van der Waals surface area contributed by atoms with E-state index in [4.69, 9.17) is 10.5 Å². The Kier molecular flexibility index (Phi) is 3.93. The third-order valence-corrected chi connectivity index (χ3v) is 4.65. The van der Waals surface area contributed by atoms with Gasteiger partial charge >= 0.3 is 0 Å². The van der Waals surface area contributed by atoms with Crippen LogP contribution in [0.5, 0.6) is 0 Å². The molecule has 1 atom stereocenters. The summed E-state index contributed by atoms with van der Waals surface area (Å²) in [6.45, 7) is 0.257. The lowest BCUT2D eigenvalue weighted by Crippen LogP contribution is -2.32. The molecule has 0 fully saturated rings. The van der Waals surface area contributed by atoms with Gasteiger partial charge in [-0.15, -0.1) is 0 Å². The standard InChI is InChI=1S/C19H18N4O3/c1-26-17-15-11(6-8-21-17)10-12(22-16(15)20)7-9-23-18(24)13-4-2-3-5-14(13)19(23)25/h2-6,8,10,17,21H,7,9H2,1H3,(H2,20,22). The third kappa shape index (κ3) is 2.53. The number of hydrogen-bond acceptors (Lipinski definition) is 6. The van der Waals surface area contributed by atoms with Gasteiger partial charge in [-0.3, -0.25) is 14.5 Å². The second-order valence-electron chi connectivity index (χ2n) is 6.18. The number of rotatable bonds is 4. The molecule has 7 nitrogen and oxygen atoms in total. The summed E-state index contributed by atoms with van der Waals surface area (Å²) in [5.74, 6) is -0.149. The number of benzene rings is 1.